The predicted molar refractivity (Wildman–Crippen MR) is 52.3 cm³/mol. The Morgan fingerprint density at radius 3 is 2.71 bits per heavy atom. The van der Waals surface area contributed by atoms with Gasteiger partial charge in [0.15, 0.2) is 5.82 Å². The largest absolute Gasteiger partial charge is 0.505 e. The first-order valence-electron chi connectivity index (χ1n) is 3.94. The molecular formula is C8H9N5O. The molecular weight excluding hydrogens is 182 g/mol. The number of nitrogen functional groups attached to an aromatic ring is 2. The molecule has 1 heterocycles. The highest BCUT2D eigenvalue weighted by molar-refractivity contribution is 5.72. The van der Waals surface area contributed by atoms with E-state index in [4.69, 9.17) is 11.5 Å². The molecule has 1 aromatic heterocycles. The third kappa shape index (κ3) is 1.22. The van der Waals surface area contributed by atoms with Gasteiger partial charge in [-0.1, -0.05) is 6.07 Å². The SMILES string of the molecule is Nc1n[nH]c(-c2cccc(N)c2O)n1. The number of rotatable bonds is 1. The van der Waals surface area contributed by atoms with E-state index in [1.807, 2.05) is 0 Å². The average Bonchev–Trinajstić information content (AvgIpc) is 2.57. The number of nitrogens with zero attached hydrogens (tertiary/aromatic N) is 2. The molecule has 6 heteroatoms. The molecule has 0 fully saturated rings. The molecule has 0 spiro atoms. The van der Waals surface area contributed by atoms with Gasteiger partial charge < -0.3 is 16.6 Å². The van der Waals surface area contributed by atoms with Crippen LogP contribution < -0.4 is 11.5 Å². The van der Waals surface area contributed by atoms with Crippen LogP contribution in [0.15, 0.2) is 18.2 Å². The van der Waals surface area contributed by atoms with Gasteiger partial charge in [0.05, 0.1) is 11.3 Å². The Balaban J connectivity index is 2.57. The van der Waals surface area contributed by atoms with Crippen molar-refractivity contribution in [3.63, 3.8) is 0 Å². The van der Waals surface area contributed by atoms with Gasteiger partial charge >= 0.3 is 0 Å². The minimum Gasteiger partial charge on any atom is -0.505 e. The fourth-order valence-electron chi connectivity index (χ4n) is 1.15. The lowest BCUT2D eigenvalue weighted by Crippen LogP contribution is -1.89. The maximum absolute atomic E-state index is 9.61. The zero-order valence-electron chi connectivity index (χ0n) is 7.23. The summed E-state index contributed by atoms with van der Waals surface area (Å²) in [6.45, 7) is 0. The van der Waals surface area contributed by atoms with Crippen molar-refractivity contribution in [2.24, 2.45) is 0 Å². The summed E-state index contributed by atoms with van der Waals surface area (Å²) < 4.78 is 0. The molecule has 0 saturated carbocycles. The van der Waals surface area contributed by atoms with Crippen molar-refractivity contribution >= 4 is 11.6 Å². The summed E-state index contributed by atoms with van der Waals surface area (Å²) in [5.41, 5.74) is 11.6. The van der Waals surface area contributed by atoms with Gasteiger partial charge in [-0.2, -0.15) is 4.98 Å². The maximum atomic E-state index is 9.61. The molecule has 2 rings (SSSR count). The molecule has 0 aliphatic carbocycles. The van der Waals surface area contributed by atoms with Crippen LogP contribution in [0.25, 0.3) is 11.4 Å². The van der Waals surface area contributed by atoms with Crippen LogP contribution in [-0.2, 0) is 0 Å². The number of nitrogens with two attached hydrogens (primary N) is 2. The van der Waals surface area contributed by atoms with E-state index < -0.39 is 0 Å². The van der Waals surface area contributed by atoms with Gasteiger partial charge in [0.25, 0.3) is 0 Å². The first-order chi connectivity index (χ1) is 6.68. The van der Waals surface area contributed by atoms with Gasteiger partial charge in [-0.3, -0.25) is 5.10 Å². The quantitative estimate of drug-likeness (QED) is 0.383. The molecule has 0 saturated heterocycles. The number of nitrogens with one attached hydrogen (secondary N) is 1. The zero-order valence-corrected chi connectivity index (χ0v) is 7.23. The number of H-pyrrole nitrogens is 1. The molecule has 0 bridgehead atoms. The normalized spacial score (nSPS) is 10.3. The number of aromatic hydroxyl groups is 1. The lowest BCUT2D eigenvalue weighted by Gasteiger charge is -2.02. The fourth-order valence-corrected chi connectivity index (χ4v) is 1.15. The average molecular weight is 191 g/mol. The predicted octanol–water partition coefficient (Wildman–Crippen LogP) is 0.342. The van der Waals surface area contributed by atoms with E-state index in [1.54, 1.807) is 18.2 Å². The second-order valence-corrected chi connectivity index (χ2v) is 2.79. The molecule has 0 unspecified atom stereocenters. The molecule has 1 aromatic carbocycles. The first kappa shape index (κ1) is 8.36. The van der Waals surface area contributed by atoms with Gasteiger partial charge in [0.1, 0.15) is 5.75 Å². The Labute approximate surface area is 79.6 Å². The highest BCUT2D eigenvalue weighted by Gasteiger charge is 2.09. The number of aromatic amines is 1. The van der Waals surface area contributed by atoms with Crippen molar-refractivity contribution in [3.8, 4) is 17.1 Å². The van der Waals surface area contributed by atoms with Crippen LogP contribution >= 0.6 is 0 Å². The van der Waals surface area contributed by atoms with Gasteiger partial charge in [-0.15, -0.1) is 5.10 Å². The van der Waals surface area contributed by atoms with E-state index in [0.29, 0.717) is 11.4 Å². The third-order valence-electron chi connectivity index (χ3n) is 1.83. The molecule has 0 radical (unpaired) electrons. The number of hydrogen-bond acceptors (Lipinski definition) is 5. The van der Waals surface area contributed by atoms with Crippen molar-refractivity contribution in [3.05, 3.63) is 18.2 Å². The minimum absolute atomic E-state index is 0.0244. The van der Waals surface area contributed by atoms with Crippen LogP contribution in [0.5, 0.6) is 5.75 Å². The number of phenols is 1. The summed E-state index contributed by atoms with van der Waals surface area (Å²) >= 11 is 0. The number of phenolic OH excluding ortho intramolecular Hbond substituents is 1. The van der Waals surface area contributed by atoms with Gasteiger partial charge in [0.2, 0.25) is 5.95 Å². The lowest BCUT2D eigenvalue weighted by molar-refractivity contribution is 0.479. The summed E-state index contributed by atoms with van der Waals surface area (Å²) in [4.78, 5) is 3.88. The second-order valence-electron chi connectivity index (χ2n) is 2.79. The summed E-state index contributed by atoms with van der Waals surface area (Å²) in [6.07, 6.45) is 0. The first-order valence-corrected chi connectivity index (χ1v) is 3.94. The number of aromatic nitrogens is 3. The highest BCUT2D eigenvalue weighted by atomic mass is 16.3. The standard InChI is InChI=1S/C8H9N5O/c9-5-3-1-2-4(6(5)14)7-11-8(10)13-12-7/h1-3,14H,9H2,(H3,10,11,12,13). The molecule has 6 N–H and O–H groups in total. The van der Waals surface area contributed by atoms with Gasteiger partial charge in [-0.25, -0.2) is 0 Å². The summed E-state index contributed by atoms with van der Waals surface area (Å²) in [5.74, 6) is 0.498. The van der Waals surface area contributed by atoms with Gasteiger partial charge in [-0.05, 0) is 12.1 Å². The summed E-state index contributed by atoms with van der Waals surface area (Å²) in [5, 5.41) is 15.8. The Morgan fingerprint density at radius 2 is 2.07 bits per heavy atom. The van der Waals surface area contributed by atoms with E-state index in [0.717, 1.165) is 0 Å². The number of benzene rings is 1. The smallest absolute Gasteiger partial charge is 0.239 e. The van der Waals surface area contributed by atoms with Crippen molar-refractivity contribution in [1.29, 1.82) is 0 Å². The zero-order chi connectivity index (χ0) is 10.1. The molecule has 2 aromatic rings. The van der Waals surface area contributed by atoms with Crippen LogP contribution in [-0.4, -0.2) is 20.3 Å². The van der Waals surface area contributed by atoms with E-state index in [-0.39, 0.29) is 17.4 Å². The topological polar surface area (TPSA) is 114 Å². The number of anilines is 2. The maximum Gasteiger partial charge on any atom is 0.239 e. The highest BCUT2D eigenvalue weighted by Crippen LogP contribution is 2.31. The third-order valence-corrected chi connectivity index (χ3v) is 1.83. The fraction of sp³-hybridized carbons (Fsp3) is 0. The molecule has 6 nitrogen and oxygen atoms in total. The Bertz CT molecular complexity index is 465. The van der Waals surface area contributed by atoms with E-state index in [9.17, 15) is 5.11 Å². The van der Waals surface area contributed by atoms with Crippen molar-refractivity contribution in [2.75, 3.05) is 11.5 Å². The van der Waals surface area contributed by atoms with Crippen LogP contribution in [0.3, 0.4) is 0 Å². The molecule has 0 aliphatic heterocycles. The van der Waals surface area contributed by atoms with Crippen molar-refractivity contribution in [1.82, 2.24) is 15.2 Å². The Morgan fingerprint density at radius 1 is 1.29 bits per heavy atom. The number of para-hydroxylation sites is 1. The van der Waals surface area contributed by atoms with E-state index in [2.05, 4.69) is 15.2 Å². The van der Waals surface area contributed by atoms with Gasteiger partial charge in [0, 0.05) is 0 Å². The Kier molecular flexibility index (Phi) is 1.74. The summed E-state index contributed by atoms with van der Waals surface area (Å²) in [7, 11) is 0. The van der Waals surface area contributed by atoms with E-state index in [1.165, 1.54) is 0 Å². The molecule has 14 heavy (non-hydrogen) atoms. The molecule has 0 amide bonds. The van der Waals surface area contributed by atoms with E-state index >= 15 is 0 Å². The van der Waals surface area contributed by atoms with Crippen molar-refractivity contribution < 1.29 is 5.11 Å². The molecule has 0 aliphatic rings. The lowest BCUT2D eigenvalue weighted by atomic mass is 10.1. The molecule has 72 valence electrons. The Hall–Kier alpha value is -2.24. The van der Waals surface area contributed by atoms with Crippen LogP contribution in [0.4, 0.5) is 11.6 Å². The van der Waals surface area contributed by atoms with Crippen molar-refractivity contribution in [2.45, 2.75) is 0 Å². The second kappa shape index (κ2) is 2.91. The number of hydrogen-bond donors (Lipinski definition) is 4. The van der Waals surface area contributed by atoms with Crippen LogP contribution in [0, 0.1) is 0 Å². The summed E-state index contributed by atoms with van der Waals surface area (Å²) in [6, 6.07) is 4.98. The van der Waals surface area contributed by atoms with Crippen LogP contribution in [0.2, 0.25) is 0 Å². The molecule has 0 atom stereocenters. The minimum atomic E-state index is -0.0244. The monoisotopic (exact) mass is 191 g/mol. The van der Waals surface area contributed by atoms with Crippen LogP contribution in [0.1, 0.15) is 0 Å².